The number of anilines is 1. The number of unbranched alkanes of at least 4 members (excludes halogenated alkanes) is 11. The SMILES string of the molecule is CCCCCCCCCCCCCCOc1cc(OCC(=O)Nc2ccc(C[n+]3ccsc3)cc2)ccc1C(C)(C)C. The Hall–Kier alpha value is -2.86. The van der Waals surface area contributed by atoms with Crippen molar-refractivity contribution in [3.8, 4) is 11.5 Å². The maximum absolute atomic E-state index is 12.6. The lowest BCUT2D eigenvalue weighted by Crippen LogP contribution is -2.30. The number of amides is 1. The summed E-state index contributed by atoms with van der Waals surface area (Å²) < 4.78 is 14.3. The third-order valence-corrected chi connectivity index (χ3v) is 8.19. The van der Waals surface area contributed by atoms with Gasteiger partial charge in [-0.3, -0.25) is 4.79 Å². The average molecular weight is 594 g/mol. The Morgan fingerprint density at radius 1 is 0.833 bits per heavy atom. The third kappa shape index (κ3) is 13.0. The van der Waals surface area contributed by atoms with E-state index in [4.69, 9.17) is 9.47 Å². The van der Waals surface area contributed by atoms with Crippen molar-refractivity contribution in [1.29, 1.82) is 0 Å². The summed E-state index contributed by atoms with van der Waals surface area (Å²) in [7, 11) is 0. The monoisotopic (exact) mass is 593 g/mol. The van der Waals surface area contributed by atoms with Gasteiger partial charge in [0.15, 0.2) is 19.3 Å². The van der Waals surface area contributed by atoms with Crippen LogP contribution >= 0.6 is 11.3 Å². The van der Waals surface area contributed by atoms with Gasteiger partial charge in [-0.05, 0) is 35.6 Å². The van der Waals surface area contributed by atoms with Crippen molar-refractivity contribution in [3.05, 3.63) is 70.7 Å². The molecule has 42 heavy (non-hydrogen) atoms. The van der Waals surface area contributed by atoms with E-state index in [0.29, 0.717) is 12.4 Å². The predicted octanol–water partition coefficient (Wildman–Crippen LogP) is 9.48. The van der Waals surface area contributed by atoms with E-state index in [1.807, 2.05) is 36.4 Å². The van der Waals surface area contributed by atoms with Gasteiger partial charge in [-0.15, -0.1) is 0 Å². The molecule has 230 valence electrons. The van der Waals surface area contributed by atoms with Crippen molar-refractivity contribution >= 4 is 22.9 Å². The minimum atomic E-state index is -0.186. The quantitative estimate of drug-likeness (QED) is 0.105. The summed E-state index contributed by atoms with van der Waals surface area (Å²) in [6, 6.07) is 13.9. The second-order valence-electron chi connectivity index (χ2n) is 12.4. The minimum Gasteiger partial charge on any atom is -0.493 e. The number of nitrogens with one attached hydrogen (secondary N) is 1. The number of carbonyl (C=O) groups is 1. The molecule has 0 atom stereocenters. The van der Waals surface area contributed by atoms with E-state index in [-0.39, 0.29) is 17.9 Å². The number of aromatic nitrogens is 1. The zero-order valence-electron chi connectivity index (χ0n) is 26.5. The Kier molecular flexibility index (Phi) is 14.9. The zero-order chi connectivity index (χ0) is 30.0. The molecule has 1 heterocycles. The topological polar surface area (TPSA) is 51.4 Å². The second kappa shape index (κ2) is 18.6. The summed E-state index contributed by atoms with van der Waals surface area (Å²) in [5.74, 6) is 1.31. The summed E-state index contributed by atoms with van der Waals surface area (Å²) in [6.07, 6.45) is 18.0. The highest BCUT2D eigenvalue weighted by Gasteiger charge is 2.20. The molecule has 0 aliphatic heterocycles. The highest BCUT2D eigenvalue weighted by Crippen LogP contribution is 2.34. The zero-order valence-corrected chi connectivity index (χ0v) is 27.3. The maximum atomic E-state index is 12.6. The first-order valence-electron chi connectivity index (χ1n) is 16.1. The van der Waals surface area contributed by atoms with Crippen LogP contribution in [0.1, 0.15) is 116 Å². The summed E-state index contributed by atoms with van der Waals surface area (Å²) in [5.41, 5.74) is 5.13. The fraction of sp³-hybridized carbons (Fsp3) is 0.556. The molecule has 1 N–H and O–H groups in total. The van der Waals surface area contributed by atoms with Crippen LogP contribution in [0.25, 0.3) is 0 Å². The van der Waals surface area contributed by atoms with E-state index in [9.17, 15) is 4.79 Å². The molecule has 0 saturated heterocycles. The van der Waals surface area contributed by atoms with Crippen LogP contribution in [0.4, 0.5) is 5.69 Å². The Morgan fingerprint density at radius 2 is 1.48 bits per heavy atom. The summed E-state index contributed by atoms with van der Waals surface area (Å²) in [4.78, 5) is 12.6. The number of hydrogen-bond acceptors (Lipinski definition) is 4. The first-order valence-corrected chi connectivity index (χ1v) is 17.0. The molecule has 0 aliphatic rings. The molecule has 3 rings (SSSR count). The van der Waals surface area contributed by atoms with E-state index in [2.05, 4.69) is 60.7 Å². The fourth-order valence-electron chi connectivity index (χ4n) is 5.06. The van der Waals surface area contributed by atoms with E-state index in [0.717, 1.165) is 30.0 Å². The number of carbonyl (C=O) groups excluding carboxylic acids is 1. The van der Waals surface area contributed by atoms with Gasteiger partial charge >= 0.3 is 0 Å². The van der Waals surface area contributed by atoms with Gasteiger partial charge in [0.2, 0.25) is 5.51 Å². The van der Waals surface area contributed by atoms with E-state index < -0.39 is 0 Å². The molecule has 3 aromatic rings. The number of hydrogen-bond donors (Lipinski definition) is 1. The lowest BCUT2D eigenvalue weighted by molar-refractivity contribution is -0.683. The molecule has 1 aromatic heterocycles. The highest BCUT2D eigenvalue weighted by molar-refractivity contribution is 7.07. The average Bonchev–Trinajstić information content (AvgIpc) is 3.48. The molecule has 0 spiro atoms. The molecule has 5 nitrogen and oxygen atoms in total. The molecule has 0 radical (unpaired) electrons. The number of thiazole rings is 1. The lowest BCUT2D eigenvalue weighted by Gasteiger charge is -2.23. The molecular formula is C36H53N2O3S+. The van der Waals surface area contributed by atoms with Crippen molar-refractivity contribution in [1.82, 2.24) is 0 Å². The summed E-state index contributed by atoms with van der Waals surface area (Å²) in [6.45, 7) is 10.3. The largest absolute Gasteiger partial charge is 0.493 e. The number of rotatable bonds is 20. The van der Waals surface area contributed by atoms with Gasteiger partial charge in [0.05, 0.1) is 12.0 Å². The molecule has 0 aliphatic carbocycles. The van der Waals surface area contributed by atoms with E-state index >= 15 is 0 Å². The van der Waals surface area contributed by atoms with E-state index in [1.165, 1.54) is 76.2 Å². The van der Waals surface area contributed by atoms with Crippen molar-refractivity contribution in [2.24, 2.45) is 0 Å². The van der Waals surface area contributed by atoms with Crippen LogP contribution in [0.5, 0.6) is 11.5 Å². The van der Waals surface area contributed by atoms with Gasteiger partial charge in [0.25, 0.3) is 5.91 Å². The number of ether oxygens (including phenoxy) is 2. The highest BCUT2D eigenvalue weighted by atomic mass is 32.1. The van der Waals surface area contributed by atoms with Crippen LogP contribution in [0, 0.1) is 0 Å². The van der Waals surface area contributed by atoms with Crippen molar-refractivity contribution in [2.75, 3.05) is 18.5 Å². The van der Waals surface area contributed by atoms with Gasteiger partial charge in [-0.1, -0.05) is 128 Å². The Morgan fingerprint density at radius 3 is 2.07 bits per heavy atom. The van der Waals surface area contributed by atoms with Crippen LogP contribution < -0.4 is 19.4 Å². The van der Waals surface area contributed by atoms with Crippen LogP contribution in [-0.4, -0.2) is 19.1 Å². The Bertz CT molecular complexity index is 1150. The van der Waals surface area contributed by atoms with Crippen LogP contribution in [-0.2, 0) is 16.8 Å². The van der Waals surface area contributed by atoms with Crippen molar-refractivity contribution in [2.45, 2.75) is 117 Å². The first-order chi connectivity index (χ1) is 20.3. The van der Waals surface area contributed by atoms with Crippen LogP contribution in [0.2, 0.25) is 0 Å². The molecule has 1 amide bonds. The standard InChI is InChI=1S/C36H52N2O3S/c1-5-6-7-8-9-10-11-12-13-14-15-16-24-40-34-26-32(21-22-33(34)36(2,3)4)41-28-35(39)37-31-19-17-30(18-20-31)27-38-23-25-42-29-38/h17-23,25-26,29H,5-16,24,27-28H2,1-4H3/p+1. The fourth-order valence-corrected chi connectivity index (χ4v) is 5.66. The van der Waals surface area contributed by atoms with Crippen molar-refractivity contribution < 1.29 is 18.8 Å². The van der Waals surface area contributed by atoms with Gasteiger partial charge in [-0.25, -0.2) is 0 Å². The Labute approximate surface area is 258 Å². The number of benzene rings is 2. The molecule has 0 fully saturated rings. The molecule has 6 heteroatoms. The molecule has 0 bridgehead atoms. The molecular weight excluding hydrogens is 540 g/mol. The lowest BCUT2D eigenvalue weighted by atomic mass is 9.86. The summed E-state index contributed by atoms with van der Waals surface area (Å²) >= 11 is 1.67. The maximum Gasteiger partial charge on any atom is 0.262 e. The van der Waals surface area contributed by atoms with Gasteiger partial charge in [0, 0.05) is 17.3 Å². The molecule has 0 saturated carbocycles. The number of nitrogens with zero attached hydrogens (tertiary/aromatic N) is 1. The van der Waals surface area contributed by atoms with Crippen LogP contribution in [0.15, 0.2) is 59.6 Å². The third-order valence-electron chi connectivity index (χ3n) is 7.52. The van der Waals surface area contributed by atoms with Crippen molar-refractivity contribution in [3.63, 3.8) is 0 Å². The first kappa shape index (κ1) is 33.6. The summed E-state index contributed by atoms with van der Waals surface area (Å²) in [5, 5.41) is 4.98. The second-order valence-corrected chi connectivity index (χ2v) is 13.1. The smallest absolute Gasteiger partial charge is 0.262 e. The van der Waals surface area contributed by atoms with Crippen LogP contribution in [0.3, 0.4) is 0 Å². The molecule has 0 unspecified atom stereocenters. The Balaban J connectivity index is 1.37. The van der Waals surface area contributed by atoms with E-state index in [1.54, 1.807) is 11.3 Å². The minimum absolute atomic E-state index is 0.0458. The van der Waals surface area contributed by atoms with Gasteiger partial charge in [0.1, 0.15) is 11.5 Å². The molecule has 2 aromatic carbocycles. The normalized spacial score (nSPS) is 11.4. The predicted molar refractivity (Wildman–Crippen MR) is 176 cm³/mol. The van der Waals surface area contributed by atoms with Gasteiger partial charge < -0.3 is 14.8 Å². The van der Waals surface area contributed by atoms with Gasteiger partial charge in [-0.2, -0.15) is 4.57 Å².